The molecule has 1 N–H and O–H groups in total. The van der Waals surface area contributed by atoms with Crippen LogP contribution in [0.2, 0.25) is 0 Å². The van der Waals surface area contributed by atoms with E-state index in [9.17, 15) is 18.0 Å². The number of amides is 1. The lowest BCUT2D eigenvalue weighted by Gasteiger charge is -2.06. The smallest absolute Gasteiger partial charge is 0.322 e. The van der Waals surface area contributed by atoms with Crippen molar-refractivity contribution in [2.24, 2.45) is 0 Å². The Hall–Kier alpha value is -2.67. The van der Waals surface area contributed by atoms with Crippen molar-refractivity contribution in [1.29, 1.82) is 0 Å². The van der Waals surface area contributed by atoms with Crippen LogP contribution >= 0.6 is 11.3 Å². The number of carbonyl (C=O) groups is 1. The molecule has 0 radical (unpaired) electrons. The first-order chi connectivity index (χ1) is 11.8. The molecule has 2 aromatic carbocycles. The van der Waals surface area contributed by atoms with E-state index < -0.39 is 11.7 Å². The third kappa shape index (κ3) is 4.24. The summed E-state index contributed by atoms with van der Waals surface area (Å²) in [6.07, 6.45) is -1.62. The molecule has 3 aromatic rings. The maximum absolute atomic E-state index is 12.5. The molecular formula is C18H13F3N2OS. The fraction of sp³-hybridized carbons (Fsp3) is 0.111. The van der Waals surface area contributed by atoms with E-state index in [2.05, 4.69) is 10.3 Å². The number of rotatable bonds is 3. The monoisotopic (exact) mass is 362 g/mol. The summed E-state index contributed by atoms with van der Waals surface area (Å²) >= 11 is 1.53. The molecule has 0 aliphatic carbocycles. The summed E-state index contributed by atoms with van der Waals surface area (Å²) in [6, 6.07) is 10.0. The Bertz CT molecular complexity index is 943. The highest BCUT2D eigenvalue weighted by atomic mass is 32.1. The second-order valence-corrected chi connectivity index (χ2v) is 6.59. The molecule has 0 atom stereocenters. The number of aryl methyl sites for hydroxylation is 1. The van der Waals surface area contributed by atoms with Crippen molar-refractivity contribution in [3.05, 3.63) is 64.7 Å². The van der Waals surface area contributed by atoms with E-state index in [1.807, 2.05) is 19.1 Å². The average molecular weight is 362 g/mol. The summed E-state index contributed by atoms with van der Waals surface area (Å²) in [7, 11) is 0. The van der Waals surface area contributed by atoms with E-state index in [1.54, 1.807) is 6.07 Å². The quantitative estimate of drug-likeness (QED) is 0.645. The lowest BCUT2D eigenvalue weighted by molar-refractivity contribution is -0.137. The Labute approximate surface area is 145 Å². The van der Waals surface area contributed by atoms with Gasteiger partial charge in [0, 0.05) is 11.8 Å². The van der Waals surface area contributed by atoms with Crippen molar-refractivity contribution in [2.45, 2.75) is 13.1 Å². The first-order valence-corrected chi connectivity index (χ1v) is 8.16. The molecule has 0 spiro atoms. The molecule has 0 aliphatic rings. The number of fused-ring (bicyclic) bond motifs is 1. The van der Waals surface area contributed by atoms with Gasteiger partial charge in [-0.15, -0.1) is 11.3 Å². The predicted molar refractivity (Wildman–Crippen MR) is 93.5 cm³/mol. The van der Waals surface area contributed by atoms with Gasteiger partial charge in [0.2, 0.25) is 5.91 Å². The number of hydrogen-bond donors (Lipinski definition) is 1. The van der Waals surface area contributed by atoms with E-state index >= 15 is 0 Å². The standard InChI is InChI=1S/C18H13F3N2OS/c1-11-22-15-8-7-14(10-16(15)25-11)23-17(24)9-4-12-2-5-13(6-3-12)18(19,20)21/h2-10H,1H3,(H,23,24)/b9-4+. The third-order valence-electron chi connectivity index (χ3n) is 3.43. The van der Waals surface area contributed by atoms with E-state index in [0.717, 1.165) is 27.4 Å². The zero-order valence-corrected chi connectivity index (χ0v) is 13.9. The summed E-state index contributed by atoms with van der Waals surface area (Å²) in [5, 5.41) is 3.67. The molecule has 0 bridgehead atoms. The Morgan fingerprint density at radius 3 is 2.56 bits per heavy atom. The van der Waals surface area contributed by atoms with Gasteiger partial charge in [-0.3, -0.25) is 4.79 Å². The molecule has 0 saturated carbocycles. The lowest BCUT2D eigenvalue weighted by atomic mass is 10.1. The van der Waals surface area contributed by atoms with Gasteiger partial charge in [-0.2, -0.15) is 13.2 Å². The molecule has 3 nitrogen and oxygen atoms in total. The van der Waals surface area contributed by atoms with Crippen molar-refractivity contribution >= 4 is 39.2 Å². The summed E-state index contributed by atoms with van der Waals surface area (Å²) < 4.78 is 38.5. The van der Waals surface area contributed by atoms with Crippen LogP contribution in [-0.4, -0.2) is 10.9 Å². The maximum atomic E-state index is 12.5. The van der Waals surface area contributed by atoms with Gasteiger partial charge in [0.15, 0.2) is 0 Å². The Kier molecular flexibility index (Phi) is 4.59. The molecule has 7 heteroatoms. The van der Waals surface area contributed by atoms with Crippen LogP contribution in [0.4, 0.5) is 18.9 Å². The molecule has 0 saturated heterocycles. The molecule has 3 rings (SSSR count). The van der Waals surface area contributed by atoms with Gasteiger partial charge in [0.1, 0.15) is 0 Å². The molecule has 0 aliphatic heterocycles. The van der Waals surface area contributed by atoms with E-state index in [4.69, 9.17) is 0 Å². The van der Waals surface area contributed by atoms with Crippen LogP contribution in [0.25, 0.3) is 16.3 Å². The molecule has 0 fully saturated rings. The molecule has 1 aromatic heterocycles. The second-order valence-electron chi connectivity index (χ2n) is 5.36. The fourth-order valence-corrected chi connectivity index (χ4v) is 3.12. The number of nitrogens with zero attached hydrogens (tertiary/aromatic N) is 1. The van der Waals surface area contributed by atoms with Crippen molar-refractivity contribution in [1.82, 2.24) is 4.98 Å². The minimum absolute atomic E-state index is 0.361. The number of hydrogen-bond acceptors (Lipinski definition) is 3. The Balaban J connectivity index is 1.67. The maximum Gasteiger partial charge on any atom is 0.416 e. The topological polar surface area (TPSA) is 42.0 Å². The van der Waals surface area contributed by atoms with Crippen molar-refractivity contribution in [3.63, 3.8) is 0 Å². The van der Waals surface area contributed by atoms with Crippen LogP contribution in [0.15, 0.2) is 48.5 Å². The molecule has 1 heterocycles. The largest absolute Gasteiger partial charge is 0.416 e. The minimum Gasteiger partial charge on any atom is -0.322 e. The van der Waals surface area contributed by atoms with Gasteiger partial charge < -0.3 is 5.32 Å². The van der Waals surface area contributed by atoms with E-state index in [0.29, 0.717) is 11.3 Å². The molecule has 128 valence electrons. The summed E-state index contributed by atoms with van der Waals surface area (Å²) in [5.41, 5.74) is 1.30. The normalized spacial score (nSPS) is 12.0. The van der Waals surface area contributed by atoms with Crippen LogP contribution in [0, 0.1) is 6.92 Å². The predicted octanol–water partition coefficient (Wildman–Crippen LogP) is 5.28. The average Bonchev–Trinajstić information content (AvgIpc) is 2.92. The van der Waals surface area contributed by atoms with Gasteiger partial charge >= 0.3 is 6.18 Å². The van der Waals surface area contributed by atoms with Crippen molar-refractivity contribution < 1.29 is 18.0 Å². The Morgan fingerprint density at radius 1 is 1.16 bits per heavy atom. The van der Waals surface area contributed by atoms with Crippen LogP contribution in [0.3, 0.4) is 0 Å². The highest BCUT2D eigenvalue weighted by Crippen LogP contribution is 2.29. The van der Waals surface area contributed by atoms with Crippen molar-refractivity contribution in [3.8, 4) is 0 Å². The molecule has 25 heavy (non-hydrogen) atoms. The van der Waals surface area contributed by atoms with Gasteiger partial charge in [0.05, 0.1) is 20.8 Å². The lowest BCUT2D eigenvalue weighted by Crippen LogP contribution is -2.07. The summed E-state index contributed by atoms with van der Waals surface area (Å²) in [6.45, 7) is 1.91. The first kappa shape index (κ1) is 17.2. The highest BCUT2D eigenvalue weighted by molar-refractivity contribution is 7.18. The Morgan fingerprint density at radius 2 is 1.88 bits per heavy atom. The summed E-state index contributed by atoms with van der Waals surface area (Å²) in [4.78, 5) is 16.3. The van der Waals surface area contributed by atoms with Gasteiger partial charge in [-0.25, -0.2) is 4.98 Å². The first-order valence-electron chi connectivity index (χ1n) is 7.35. The number of halogens is 3. The number of carbonyl (C=O) groups excluding carboxylic acids is 1. The number of thiazole rings is 1. The number of aromatic nitrogens is 1. The minimum atomic E-state index is -4.37. The third-order valence-corrected chi connectivity index (χ3v) is 4.36. The van der Waals surface area contributed by atoms with Crippen LogP contribution in [0.1, 0.15) is 16.1 Å². The van der Waals surface area contributed by atoms with Crippen LogP contribution < -0.4 is 5.32 Å². The van der Waals surface area contributed by atoms with Crippen LogP contribution in [0.5, 0.6) is 0 Å². The molecular weight excluding hydrogens is 349 g/mol. The molecule has 0 unspecified atom stereocenters. The molecule has 1 amide bonds. The second kappa shape index (κ2) is 6.68. The van der Waals surface area contributed by atoms with E-state index in [1.165, 1.54) is 35.6 Å². The van der Waals surface area contributed by atoms with E-state index in [-0.39, 0.29) is 5.91 Å². The number of benzene rings is 2. The van der Waals surface area contributed by atoms with Crippen molar-refractivity contribution in [2.75, 3.05) is 5.32 Å². The van der Waals surface area contributed by atoms with Gasteiger partial charge in [-0.1, -0.05) is 12.1 Å². The summed E-state index contributed by atoms with van der Waals surface area (Å²) in [5.74, 6) is -0.361. The fourth-order valence-electron chi connectivity index (χ4n) is 2.26. The number of nitrogens with one attached hydrogen (secondary N) is 1. The number of alkyl halides is 3. The highest BCUT2D eigenvalue weighted by Gasteiger charge is 2.29. The number of anilines is 1. The zero-order valence-electron chi connectivity index (χ0n) is 13.1. The van der Waals surface area contributed by atoms with Gasteiger partial charge in [0.25, 0.3) is 0 Å². The SMILES string of the molecule is Cc1nc2ccc(NC(=O)/C=C/c3ccc(C(F)(F)F)cc3)cc2s1. The van der Waals surface area contributed by atoms with Crippen LogP contribution in [-0.2, 0) is 11.0 Å². The van der Waals surface area contributed by atoms with Gasteiger partial charge in [-0.05, 0) is 48.9 Å². The zero-order chi connectivity index (χ0) is 18.0.